The van der Waals surface area contributed by atoms with Crippen molar-refractivity contribution in [3.05, 3.63) is 54.1 Å². The number of nitrogens with one attached hydrogen (secondary N) is 2. The molecule has 0 saturated carbocycles. The molecule has 6 nitrogen and oxygen atoms in total. The zero-order chi connectivity index (χ0) is 22.1. The molecule has 9 heteroatoms. The van der Waals surface area contributed by atoms with Crippen LogP contribution in [0.25, 0.3) is 0 Å². The van der Waals surface area contributed by atoms with Crippen molar-refractivity contribution < 1.29 is 27.5 Å². The van der Waals surface area contributed by atoms with Gasteiger partial charge in [-0.1, -0.05) is 31.2 Å². The molecule has 0 aromatic heterocycles. The average molecular weight is 423 g/mol. The lowest BCUT2D eigenvalue weighted by molar-refractivity contribution is -0.137. The minimum Gasteiger partial charge on any atom is -0.495 e. The molecule has 2 aromatic rings. The number of nitrogens with zero attached hydrogens (tertiary/aromatic N) is 1. The molecule has 0 radical (unpaired) electrons. The highest BCUT2D eigenvalue weighted by Gasteiger charge is 2.33. The van der Waals surface area contributed by atoms with Gasteiger partial charge in [0.2, 0.25) is 11.8 Å². The number of anilines is 2. The highest BCUT2D eigenvalue weighted by Crippen LogP contribution is 2.34. The minimum atomic E-state index is -4.56. The minimum absolute atomic E-state index is 0.109. The Morgan fingerprint density at radius 3 is 2.20 bits per heavy atom. The van der Waals surface area contributed by atoms with Crippen molar-refractivity contribution in [3.63, 3.8) is 0 Å². The monoisotopic (exact) mass is 423 g/mol. The number of likely N-dealkylation sites (N-methyl/N-ethyl adjacent to an activating group) is 1. The molecular weight excluding hydrogens is 399 g/mol. The van der Waals surface area contributed by atoms with E-state index in [0.29, 0.717) is 18.0 Å². The summed E-state index contributed by atoms with van der Waals surface area (Å²) < 4.78 is 44.3. The van der Waals surface area contributed by atoms with E-state index in [1.54, 1.807) is 36.1 Å². The van der Waals surface area contributed by atoms with Gasteiger partial charge in [0, 0.05) is 13.0 Å². The van der Waals surface area contributed by atoms with Crippen LogP contribution < -0.4 is 15.4 Å². The standard InChI is InChI=1S/C21H24F3N3O3/c1-3-27(13-12-19(28)26-17-10-6-7-11-18(17)30-2)14-20(29)25-16-9-5-4-8-15(16)21(22,23)24/h4-11H,3,12-14H2,1-2H3,(H,25,29)(H,26,28). The van der Waals surface area contributed by atoms with Crippen molar-refractivity contribution in [1.29, 1.82) is 0 Å². The van der Waals surface area contributed by atoms with Crippen molar-refractivity contribution in [3.8, 4) is 5.75 Å². The molecule has 2 aromatic carbocycles. The van der Waals surface area contributed by atoms with E-state index in [0.717, 1.165) is 6.07 Å². The SMILES string of the molecule is CCN(CCC(=O)Nc1ccccc1OC)CC(=O)Nc1ccccc1C(F)(F)F. The zero-order valence-electron chi connectivity index (χ0n) is 16.8. The Labute approximate surface area is 173 Å². The first-order valence-corrected chi connectivity index (χ1v) is 9.36. The fourth-order valence-electron chi connectivity index (χ4n) is 2.80. The molecule has 2 N–H and O–H groups in total. The van der Waals surface area contributed by atoms with Crippen LogP contribution in [-0.4, -0.2) is 43.5 Å². The van der Waals surface area contributed by atoms with Gasteiger partial charge in [-0.25, -0.2) is 0 Å². The number of hydrogen-bond acceptors (Lipinski definition) is 4. The van der Waals surface area contributed by atoms with Gasteiger partial charge in [-0.2, -0.15) is 13.2 Å². The number of methoxy groups -OCH3 is 1. The van der Waals surface area contributed by atoms with Crippen LogP contribution in [-0.2, 0) is 15.8 Å². The van der Waals surface area contributed by atoms with Gasteiger partial charge in [0.1, 0.15) is 5.75 Å². The third-order valence-electron chi connectivity index (χ3n) is 4.36. The van der Waals surface area contributed by atoms with Crippen molar-refractivity contribution in [2.45, 2.75) is 19.5 Å². The first-order valence-electron chi connectivity index (χ1n) is 9.36. The van der Waals surface area contributed by atoms with Gasteiger partial charge in [0.25, 0.3) is 0 Å². The molecule has 0 aliphatic carbocycles. The number of amides is 2. The fourth-order valence-corrected chi connectivity index (χ4v) is 2.80. The van der Waals surface area contributed by atoms with Gasteiger partial charge < -0.3 is 15.4 Å². The normalized spacial score (nSPS) is 11.3. The Morgan fingerprint density at radius 2 is 1.57 bits per heavy atom. The largest absolute Gasteiger partial charge is 0.495 e. The van der Waals surface area contributed by atoms with Crippen LogP contribution >= 0.6 is 0 Å². The third-order valence-corrected chi connectivity index (χ3v) is 4.36. The second kappa shape index (κ2) is 10.6. The summed E-state index contributed by atoms with van der Waals surface area (Å²) in [6.45, 7) is 2.39. The van der Waals surface area contributed by atoms with Crippen molar-refractivity contribution in [1.82, 2.24) is 4.90 Å². The smallest absolute Gasteiger partial charge is 0.418 e. The number of ether oxygens (including phenoxy) is 1. The maximum Gasteiger partial charge on any atom is 0.418 e. The Bertz CT molecular complexity index is 872. The topological polar surface area (TPSA) is 70.7 Å². The molecule has 0 fully saturated rings. The van der Waals surface area contributed by atoms with Gasteiger partial charge in [0.15, 0.2) is 0 Å². The second-order valence-corrected chi connectivity index (χ2v) is 6.46. The van der Waals surface area contributed by atoms with Crippen LogP contribution in [0.2, 0.25) is 0 Å². The van der Waals surface area contributed by atoms with Gasteiger partial charge in [0.05, 0.1) is 30.6 Å². The molecule has 0 atom stereocenters. The molecule has 0 heterocycles. The van der Waals surface area contributed by atoms with Crippen LogP contribution in [0.1, 0.15) is 18.9 Å². The Balaban J connectivity index is 1.90. The van der Waals surface area contributed by atoms with Crippen molar-refractivity contribution in [2.24, 2.45) is 0 Å². The van der Waals surface area contributed by atoms with Crippen LogP contribution in [0.3, 0.4) is 0 Å². The van der Waals surface area contributed by atoms with Crippen molar-refractivity contribution in [2.75, 3.05) is 37.4 Å². The number of carbonyl (C=O) groups excluding carboxylic acids is 2. The van der Waals surface area contributed by atoms with E-state index in [4.69, 9.17) is 4.74 Å². The van der Waals surface area contributed by atoms with Gasteiger partial charge >= 0.3 is 6.18 Å². The Morgan fingerprint density at radius 1 is 0.967 bits per heavy atom. The summed E-state index contributed by atoms with van der Waals surface area (Å²) in [5, 5.41) is 5.05. The van der Waals surface area contributed by atoms with E-state index < -0.39 is 17.6 Å². The van der Waals surface area contributed by atoms with Gasteiger partial charge in [-0.05, 0) is 30.8 Å². The van der Waals surface area contributed by atoms with Gasteiger partial charge in [-0.15, -0.1) is 0 Å². The van der Waals surface area contributed by atoms with Crippen LogP contribution in [0.5, 0.6) is 5.75 Å². The maximum absolute atomic E-state index is 13.1. The molecule has 0 unspecified atom stereocenters. The number of halogens is 3. The summed E-state index contributed by atoms with van der Waals surface area (Å²) in [5.41, 5.74) is -0.660. The van der Waals surface area contributed by atoms with E-state index in [-0.39, 0.29) is 31.1 Å². The van der Waals surface area contributed by atoms with E-state index in [1.165, 1.54) is 25.3 Å². The second-order valence-electron chi connectivity index (χ2n) is 6.46. The number of para-hydroxylation sites is 3. The summed E-state index contributed by atoms with van der Waals surface area (Å²) in [6.07, 6.45) is -4.46. The van der Waals surface area contributed by atoms with E-state index in [1.807, 2.05) is 0 Å². The number of carbonyl (C=O) groups is 2. The van der Waals surface area contributed by atoms with E-state index in [2.05, 4.69) is 10.6 Å². The highest BCUT2D eigenvalue weighted by atomic mass is 19.4. The summed E-state index contributed by atoms with van der Waals surface area (Å²) in [5.74, 6) is -0.319. The average Bonchev–Trinajstić information content (AvgIpc) is 2.71. The van der Waals surface area contributed by atoms with E-state index in [9.17, 15) is 22.8 Å². The molecule has 162 valence electrons. The first kappa shape index (κ1) is 23.2. The number of rotatable bonds is 9. The van der Waals surface area contributed by atoms with E-state index >= 15 is 0 Å². The Hall–Kier alpha value is -3.07. The number of alkyl halides is 3. The maximum atomic E-state index is 13.1. The third kappa shape index (κ3) is 6.77. The summed E-state index contributed by atoms with van der Waals surface area (Å²) >= 11 is 0. The summed E-state index contributed by atoms with van der Waals surface area (Å²) in [4.78, 5) is 26.1. The van der Waals surface area contributed by atoms with Crippen LogP contribution in [0.15, 0.2) is 48.5 Å². The fraction of sp³-hybridized carbons (Fsp3) is 0.333. The van der Waals surface area contributed by atoms with Crippen LogP contribution in [0, 0.1) is 0 Å². The van der Waals surface area contributed by atoms with Gasteiger partial charge in [-0.3, -0.25) is 14.5 Å². The Kier molecular flexibility index (Phi) is 8.23. The quantitative estimate of drug-likeness (QED) is 0.640. The molecule has 0 aliphatic rings. The first-order chi connectivity index (χ1) is 14.2. The van der Waals surface area contributed by atoms with Crippen molar-refractivity contribution >= 4 is 23.2 Å². The molecule has 30 heavy (non-hydrogen) atoms. The van der Waals surface area contributed by atoms with Crippen LogP contribution in [0.4, 0.5) is 24.5 Å². The lowest BCUT2D eigenvalue weighted by Crippen LogP contribution is -2.35. The molecule has 2 rings (SSSR count). The molecule has 2 amide bonds. The molecule has 0 aliphatic heterocycles. The summed E-state index contributed by atoms with van der Waals surface area (Å²) in [7, 11) is 1.50. The molecule has 0 saturated heterocycles. The highest BCUT2D eigenvalue weighted by molar-refractivity contribution is 5.94. The predicted molar refractivity (Wildman–Crippen MR) is 108 cm³/mol. The number of benzene rings is 2. The lowest BCUT2D eigenvalue weighted by Gasteiger charge is -2.20. The lowest BCUT2D eigenvalue weighted by atomic mass is 10.1. The molecular formula is C21H24F3N3O3. The summed E-state index contributed by atoms with van der Waals surface area (Å²) in [6, 6.07) is 11.8. The zero-order valence-corrected chi connectivity index (χ0v) is 16.8. The predicted octanol–water partition coefficient (Wildman–Crippen LogP) is 4.00. The molecule has 0 spiro atoms. The number of hydrogen-bond donors (Lipinski definition) is 2. The molecule has 0 bridgehead atoms.